The van der Waals surface area contributed by atoms with Crippen molar-refractivity contribution < 1.29 is 29.1 Å². The Kier molecular flexibility index (Phi) is 14.4. The quantitative estimate of drug-likeness (QED) is 0.177. The molecule has 0 saturated carbocycles. The van der Waals surface area contributed by atoms with Crippen molar-refractivity contribution in [3.63, 3.8) is 0 Å². The highest BCUT2D eigenvalue weighted by Gasteiger charge is 2.30. The first-order chi connectivity index (χ1) is 15.3. The van der Waals surface area contributed by atoms with Crippen molar-refractivity contribution >= 4 is 41.4 Å². The third-order valence-electron chi connectivity index (χ3n) is 4.72. The summed E-state index contributed by atoms with van der Waals surface area (Å²) in [6, 6.07) is -3.58. The van der Waals surface area contributed by atoms with E-state index in [2.05, 4.69) is 21.3 Å². The van der Waals surface area contributed by atoms with Crippen LogP contribution in [0.25, 0.3) is 0 Å². The Bertz CT molecular complexity index is 688. The molecule has 11 nitrogen and oxygen atoms in total. The van der Waals surface area contributed by atoms with Gasteiger partial charge in [0.2, 0.25) is 23.6 Å². The van der Waals surface area contributed by atoms with Gasteiger partial charge in [-0.05, 0) is 43.6 Å². The summed E-state index contributed by atoms with van der Waals surface area (Å²) in [5, 5.41) is 18.7. The molecule has 0 saturated heterocycles. The SMILES string of the molecule is CSCC[C@H](N)C(=O)N[C@@H](CC(C)C)C(=O)N[C@@H](C)C(=O)N[C@H](C(=O)NCC(=O)O)C(C)C. The Morgan fingerprint density at radius 2 is 1.48 bits per heavy atom. The monoisotopic (exact) mass is 489 g/mol. The number of rotatable bonds is 15. The molecule has 0 radical (unpaired) electrons. The van der Waals surface area contributed by atoms with Gasteiger partial charge in [0.1, 0.15) is 24.7 Å². The molecular weight excluding hydrogens is 450 g/mol. The fourth-order valence-corrected chi connectivity index (χ4v) is 3.31. The van der Waals surface area contributed by atoms with Gasteiger partial charge in [-0.3, -0.25) is 24.0 Å². The van der Waals surface area contributed by atoms with Crippen molar-refractivity contribution in [2.45, 2.75) is 71.6 Å². The molecule has 0 spiro atoms. The number of hydrogen-bond donors (Lipinski definition) is 6. The van der Waals surface area contributed by atoms with Gasteiger partial charge in [-0.1, -0.05) is 27.7 Å². The smallest absolute Gasteiger partial charge is 0.322 e. The Labute approximate surface area is 199 Å². The molecular formula is C21H39N5O6S. The van der Waals surface area contributed by atoms with Gasteiger partial charge in [0, 0.05) is 0 Å². The van der Waals surface area contributed by atoms with Gasteiger partial charge in [0.05, 0.1) is 6.04 Å². The average Bonchev–Trinajstić information content (AvgIpc) is 2.72. The topological polar surface area (TPSA) is 180 Å². The minimum atomic E-state index is -1.20. The van der Waals surface area contributed by atoms with Crippen LogP contribution in [0.2, 0.25) is 0 Å². The summed E-state index contributed by atoms with van der Waals surface area (Å²) in [4.78, 5) is 60.7. The second-order valence-electron chi connectivity index (χ2n) is 8.65. The molecule has 0 rings (SSSR count). The number of aliphatic carboxylic acids is 1. The third kappa shape index (κ3) is 12.5. The normalized spacial score (nSPS) is 14.7. The Morgan fingerprint density at radius 1 is 0.879 bits per heavy atom. The highest BCUT2D eigenvalue weighted by atomic mass is 32.2. The first-order valence-electron chi connectivity index (χ1n) is 10.9. The highest BCUT2D eigenvalue weighted by Crippen LogP contribution is 2.08. The number of carbonyl (C=O) groups is 5. The van der Waals surface area contributed by atoms with Gasteiger partial charge in [-0.25, -0.2) is 0 Å². The molecule has 0 fully saturated rings. The van der Waals surface area contributed by atoms with E-state index in [1.807, 2.05) is 20.1 Å². The zero-order valence-corrected chi connectivity index (χ0v) is 21.1. The van der Waals surface area contributed by atoms with E-state index in [1.165, 1.54) is 6.92 Å². The molecule has 12 heteroatoms. The predicted molar refractivity (Wildman–Crippen MR) is 127 cm³/mol. The molecule has 4 atom stereocenters. The maximum absolute atomic E-state index is 12.8. The summed E-state index contributed by atoms with van der Waals surface area (Å²) in [6.07, 6.45) is 2.74. The van der Waals surface area contributed by atoms with Gasteiger partial charge in [0.25, 0.3) is 0 Å². The van der Waals surface area contributed by atoms with Crippen LogP contribution in [-0.2, 0) is 24.0 Å². The molecule has 0 aliphatic carbocycles. The van der Waals surface area contributed by atoms with Gasteiger partial charge >= 0.3 is 5.97 Å². The molecule has 0 aromatic rings. The van der Waals surface area contributed by atoms with Crippen LogP contribution in [0.4, 0.5) is 0 Å². The first-order valence-corrected chi connectivity index (χ1v) is 12.3. The lowest BCUT2D eigenvalue weighted by Gasteiger charge is -2.26. The number of nitrogens with two attached hydrogens (primary N) is 1. The third-order valence-corrected chi connectivity index (χ3v) is 5.37. The number of carboxylic acids is 1. The van der Waals surface area contributed by atoms with Crippen LogP contribution in [0, 0.1) is 11.8 Å². The molecule has 190 valence electrons. The Morgan fingerprint density at radius 3 is 1.97 bits per heavy atom. The van der Waals surface area contributed by atoms with Crippen LogP contribution >= 0.6 is 11.8 Å². The van der Waals surface area contributed by atoms with Gasteiger partial charge in [-0.2, -0.15) is 11.8 Å². The lowest BCUT2D eigenvalue weighted by Crippen LogP contribution is -2.58. The van der Waals surface area contributed by atoms with E-state index in [1.54, 1.807) is 25.6 Å². The second-order valence-corrected chi connectivity index (χ2v) is 9.64. The molecule has 0 aromatic heterocycles. The molecule has 0 heterocycles. The van der Waals surface area contributed by atoms with Crippen molar-refractivity contribution in [1.82, 2.24) is 21.3 Å². The van der Waals surface area contributed by atoms with Crippen LogP contribution in [-0.4, -0.2) is 77.4 Å². The molecule has 0 unspecified atom stereocenters. The fourth-order valence-electron chi connectivity index (χ4n) is 2.82. The summed E-state index contributed by atoms with van der Waals surface area (Å²) >= 11 is 1.57. The standard InChI is InChI=1S/C21H39N5O6S/c1-11(2)9-15(25-19(30)14(22)7-8-33-6)20(31)24-13(5)18(29)26-17(12(3)4)21(32)23-10-16(27)28/h11-15,17H,7-10,22H2,1-6H3,(H,23,32)(H,24,31)(H,25,30)(H,26,29)(H,27,28)/t13-,14-,15-,17-/m0/s1. The van der Waals surface area contributed by atoms with Crippen LogP contribution < -0.4 is 27.0 Å². The number of nitrogens with one attached hydrogen (secondary N) is 4. The average molecular weight is 490 g/mol. The first kappa shape index (κ1) is 30.7. The van der Waals surface area contributed by atoms with Crippen molar-refractivity contribution in [3.05, 3.63) is 0 Å². The molecule has 7 N–H and O–H groups in total. The molecule has 0 aromatic carbocycles. The lowest BCUT2D eigenvalue weighted by atomic mass is 10.0. The van der Waals surface area contributed by atoms with Gasteiger partial charge in [0.15, 0.2) is 0 Å². The minimum Gasteiger partial charge on any atom is -0.480 e. The van der Waals surface area contributed by atoms with Gasteiger partial charge in [-0.15, -0.1) is 0 Å². The molecule has 33 heavy (non-hydrogen) atoms. The largest absolute Gasteiger partial charge is 0.480 e. The van der Waals surface area contributed by atoms with E-state index in [0.29, 0.717) is 18.6 Å². The molecule has 4 amide bonds. The number of carbonyl (C=O) groups excluding carboxylic acids is 4. The summed E-state index contributed by atoms with van der Waals surface area (Å²) in [5.74, 6) is -2.93. The van der Waals surface area contributed by atoms with Crippen LogP contribution in [0.1, 0.15) is 47.5 Å². The van der Waals surface area contributed by atoms with E-state index in [4.69, 9.17) is 10.8 Å². The highest BCUT2D eigenvalue weighted by molar-refractivity contribution is 7.98. The van der Waals surface area contributed by atoms with Gasteiger partial charge < -0.3 is 32.1 Å². The maximum Gasteiger partial charge on any atom is 0.322 e. The van der Waals surface area contributed by atoms with E-state index in [9.17, 15) is 24.0 Å². The van der Waals surface area contributed by atoms with Crippen molar-refractivity contribution in [3.8, 4) is 0 Å². The summed E-state index contributed by atoms with van der Waals surface area (Å²) < 4.78 is 0. The lowest BCUT2D eigenvalue weighted by molar-refractivity contribution is -0.139. The van der Waals surface area contributed by atoms with Crippen LogP contribution in [0.15, 0.2) is 0 Å². The Hall–Kier alpha value is -2.34. The fraction of sp³-hybridized carbons (Fsp3) is 0.762. The van der Waals surface area contributed by atoms with Crippen molar-refractivity contribution in [2.75, 3.05) is 18.6 Å². The molecule has 0 bridgehead atoms. The van der Waals surface area contributed by atoms with Crippen molar-refractivity contribution in [1.29, 1.82) is 0 Å². The zero-order chi connectivity index (χ0) is 25.7. The zero-order valence-electron chi connectivity index (χ0n) is 20.3. The number of carboxylic acid groups (broad SMARTS) is 1. The van der Waals surface area contributed by atoms with E-state index in [-0.39, 0.29) is 11.8 Å². The predicted octanol–water partition coefficient (Wildman–Crippen LogP) is -0.556. The number of thioether (sulfide) groups is 1. The van der Waals surface area contributed by atoms with Crippen LogP contribution in [0.5, 0.6) is 0 Å². The summed E-state index contributed by atoms with van der Waals surface area (Å²) in [7, 11) is 0. The second kappa shape index (κ2) is 15.5. The summed E-state index contributed by atoms with van der Waals surface area (Å²) in [5.41, 5.74) is 5.89. The molecule has 0 aliphatic heterocycles. The van der Waals surface area contributed by atoms with Crippen LogP contribution in [0.3, 0.4) is 0 Å². The minimum absolute atomic E-state index is 0.0934. The summed E-state index contributed by atoms with van der Waals surface area (Å²) in [6.45, 7) is 8.09. The van der Waals surface area contributed by atoms with E-state index >= 15 is 0 Å². The maximum atomic E-state index is 12.8. The number of hydrogen-bond acceptors (Lipinski definition) is 7. The molecule has 0 aliphatic rings. The van der Waals surface area contributed by atoms with E-state index in [0.717, 1.165) is 0 Å². The Balaban J connectivity index is 5.12. The van der Waals surface area contributed by atoms with E-state index < -0.39 is 60.3 Å². The number of amides is 4. The van der Waals surface area contributed by atoms with Crippen molar-refractivity contribution in [2.24, 2.45) is 17.6 Å².